The summed E-state index contributed by atoms with van der Waals surface area (Å²) in [6.07, 6.45) is 4.48. The number of nitrogens with one attached hydrogen (secondary N) is 1. The van der Waals surface area contributed by atoms with Gasteiger partial charge in [-0.25, -0.2) is 0 Å². The molecule has 1 fully saturated rings. The molecule has 3 heteroatoms. The summed E-state index contributed by atoms with van der Waals surface area (Å²) < 4.78 is 0. The molecule has 2 unspecified atom stereocenters. The number of nitrogens with zero attached hydrogens (tertiary/aromatic N) is 1. The summed E-state index contributed by atoms with van der Waals surface area (Å²) in [5.41, 5.74) is 0. The van der Waals surface area contributed by atoms with E-state index < -0.39 is 0 Å². The molecule has 0 aromatic heterocycles. The van der Waals surface area contributed by atoms with Gasteiger partial charge in [-0.05, 0) is 12.8 Å². The van der Waals surface area contributed by atoms with E-state index in [1.807, 2.05) is 11.9 Å². The molecule has 76 valence electrons. The minimum atomic E-state index is 0.0755. The summed E-state index contributed by atoms with van der Waals surface area (Å²) in [6, 6.07) is 0.0755. The Morgan fingerprint density at radius 1 is 1.31 bits per heavy atom. The van der Waals surface area contributed by atoms with Crippen LogP contribution in [-0.2, 0) is 4.79 Å². The van der Waals surface area contributed by atoms with Crippen molar-refractivity contribution >= 4 is 5.91 Å². The zero-order chi connectivity index (χ0) is 9.84. The largest absolute Gasteiger partial charge is 0.329 e. The second kappa shape index (κ2) is 4.61. The van der Waals surface area contributed by atoms with Gasteiger partial charge in [-0.1, -0.05) is 26.7 Å². The van der Waals surface area contributed by atoms with Gasteiger partial charge in [-0.3, -0.25) is 10.1 Å². The molecule has 1 N–H and O–H groups in total. The fourth-order valence-electron chi connectivity index (χ4n) is 1.86. The molecule has 1 heterocycles. The minimum Gasteiger partial charge on any atom is -0.329 e. The highest BCUT2D eigenvalue weighted by molar-refractivity contribution is 5.83. The van der Waals surface area contributed by atoms with Gasteiger partial charge in [0.1, 0.15) is 0 Å². The predicted molar refractivity (Wildman–Crippen MR) is 53.3 cm³/mol. The summed E-state index contributed by atoms with van der Waals surface area (Å²) in [5.74, 6) is 0.264. The third-order valence-corrected chi connectivity index (χ3v) is 2.65. The summed E-state index contributed by atoms with van der Waals surface area (Å²) >= 11 is 0. The molecule has 1 amide bonds. The smallest absolute Gasteiger partial charge is 0.240 e. The van der Waals surface area contributed by atoms with Crippen LogP contribution in [0.15, 0.2) is 0 Å². The molecule has 0 saturated carbocycles. The van der Waals surface area contributed by atoms with Crippen LogP contribution in [0.25, 0.3) is 0 Å². The third kappa shape index (κ3) is 2.21. The molecule has 13 heavy (non-hydrogen) atoms. The molecular weight excluding hydrogens is 164 g/mol. The van der Waals surface area contributed by atoms with Crippen LogP contribution in [0.5, 0.6) is 0 Å². The van der Waals surface area contributed by atoms with E-state index in [-0.39, 0.29) is 18.1 Å². The van der Waals surface area contributed by atoms with E-state index in [0.29, 0.717) is 0 Å². The molecule has 1 rings (SSSR count). The van der Waals surface area contributed by atoms with Crippen molar-refractivity contribution in [1.29, 1.82) is 0 Å². The normalized spacial score (nSPS) is 28.5. The summed E-state index contributed by atoms with van der Waals surface area (Å²) in [6.45, 7) is 4.26. The van der Waals surface area contributed by atoms with Gasteiger partial charge >= 0.3 is 0 Å². The first-order valence-electron chi connectivity index (χ1n) is 5.23. The Hall–Kier alpha value is -0.570. The molecule has 0 aromatic rings. The SMILES string of the molecule is CCCC1NC(CCC)N(C)C1=O. The lowest BCUT2D eigenvalue weighted by atomic mass is 10.2. The highest BCUT2D eigenvalue weighted by Crippen LogP contribution is 2.15. The van der Waals surface area contributed by atoms with Gasteiger partial charge in [-0.2, -0.15) is 0 Å². The first-order valence-corrected chi connectivity index (χ1v) is 5.23. The van der Waals surface area contributed by atoms with Gasteiger partial charge in [-0.15, -0.1) is 0 Å². The molecule has 0 spiro atoms. The quantitative estimate of drug-likeness (QED) is 0.715. The standard InChI is InChI=1S/C10H20N2O/c1-4-6-8-10(13)12(3)9(11-8)7-5-2/h8-9,11H,4-7H2,1-3H3. The van der Waals surface area contributed by atoms with Gasteiger partial charge in [0.05, 0.1) is 12.2 Å². The van der Waals surface area contributed by atoms with Gasteiger partial charge in [0.25, 0.3) is 0 Å². The van der Waals surface area contributed by atoms with Crippen LogP contribution in [0.3, 0.4) is 0 Å². The van der Waals surface area contributed by atoms with Crippen molar-refractivity contribution in [3.8, 4) is 0 Å². The molecule has 0 aromatic carbocycles. The molecule has 1 aliphatic heterocycles. The summed E-state index contributed by atoms with van der Waals surface area (Å²) in [5, 5.41) is 3.37. The molecule has 3 nitrogen and oxygen atoms in total. The second-order valence-corrected chi connectivity index (χ2v) is 3.76. The van der Waals surface area contributed by atoms with Crippen LogP contribution in [0.2, 0.25) is 0 Å². The molecule has 0 bridgehead atoms. The molecule has 1 saturated heterocycles. The monoisotopic (exact) mass is 184 g/mol. The van der Waals surface area contributed by atoms with Crippen molar-refractivity contribution in [2.75, 3.05) is 7.05 Å². The number of carbonyl (C=O) groups is 1. The van der Waals surface area contributed by atoms with Crippen molar-refractivity contribution in [1.82, 2.24) is 10.2 Å². The summed E-state index contributed by atoms with van der Waals surface area (Å²) in [7, 11) is 1.89. The maximum atomic E-state index is 11.6. The number of rotatable bonds is 4. The fraction of sp³-hybridized carbons (Fsp3) is 0.900. The van der Waals surface area contributed by atoms with Crippen molar-refractivity contribution in [2.45, 2.75) is 51.7 Å². The van der Waals surface area contributed by atoms with Crippen LogP contribution < -0.4 is 5.32 Å². The third-order valence-electron chi connectivity index (χ3n) is 2.65. The van der Waals surface area contributed by atoms with E-state index in [4.69, 9.17) is 0 Å². The highest BCUT2D eigenvalue weighted by atomic mass is 16.2. The summed E-state index contributed by atoms with van der Waals surface area (Å²) in [4.78, 5) is 13.5. The van der Waals surface area contributed by atoms with E-state index in [9.17, 15) is 4.79 Å². The number of hydrogen-bond donors (Lipinski definition) is 1. The van der Waals surface area contributed by atoms with Gasteiger partial charge in [0, 0.05) is 7.05 Å². The van der Waals surface area contributed by atoms with Crippen molar-refractivity contribution < 1.29 is 4.79 Å². The number of carbonyl (C=O) groups excluding carboxylic acids is 1. The second-order valence-electron chi connectivity index (χ2n) is 3.76. The van der Waals surface area contributed by atoms with Crippen LogP contribution in [-0.4, -0.2) is 30.1 Å². The van der Waals surface area contributed by atoms with E-state index in [0.717, 1.165) is 25.7 Å². The van der Waals surface area contributed by atoms with Crippen molar-refractivity contribution in [3.05, 3.63) is 0 Å². The van der Waals surface area contributed by atoms with Crippen molar-refractivity contribution in [2.24, 2.45) is 0 Å². The van der Waals surface area contributed by atoms with E-state index in [2.05, 4.69) is 19.2 Å². The van der Waals surface area contributed by atoms with Crippen LogP contribution in [0.4, 0.5) is 0 Å². The Morgan fingerprint density at radius 3 is 2.46 bits per heavy atom. The first kappa shape index (κ1) is 10.5. The van der Waals surface area contributed by atoms with E-state index in [1.165, 1.54) is 0 Å². The highest BCUT2D eigenvalue weighted by Gasteiger charge is 2.34. The molecule has 2 atom stereocenters. The average Bonchev–Trinajstić information content (AvgIpc) is 2.36. The zero-order valence-electron chi connectivity index (χ0n) is 8.84. The van der Waals surface area contributed by atoms with Crippen LogP contribution in [0.1, 0.15) is 39.5 Å². The first-order chi connectivity index (χ1) is 6.20. The Morgan fingerprint density at radius 2 is 1.92 bits per heavy atom. The van der Waals surface area contributed by atoms with Crippen LogP contribution >= 0.6 is 0 Å². The lowest BCUT2D eigenvalue weighted by Gasteiger charge is -2.17. The maximum Gasteiger partial charge on any atom is 0.240 e. The number of hydrogen-bond acceptors (Lipinski definition) is 2. The maximum absolute atomic E-state index is 11.6. The minimum absolute atomic E-state index is 0.0755. The molecular formula is C10H20N2O. The van der Waals surface area contributed by atoms with Gasteiger partial charge in [0.2, 0.25) is 5.91 Å². The fourth-order valence-corrected chi connectivity index (χ4v) is 1.86. The lowest BCUT2D eigenvalue weighted by molar-refractivity contribution is -0.128. The lowest BCUT2D eigenvalue weighted by Crippen LogP contribution is -2.34. The van der Waals surface area contributed by atoms with Crippen molar-refractivity contribution in [3.63, 3.8) is 0 Å². The van der Waals surface area contributed by atoms with Crippen LogP contribution in [0, 0.1) is 0 Å². The van der Waals surface area contributed by atoms with Gasteiger partial charge in [0.15, 0.2) is 0 Å². The topological polar surface area (TPSA) is 32.3 Å². The Balaban J connectivity index is 2.50. The number of amides is 1. The van der Waals surface area contributed by atoms with Gasteiger partial charge < -0.3 is 4.90 Å². The van der Waals surface area contributed by atoms with E-state index >= 15 is 0 Å². The number of likely N-dealkylation sites (N-methyl/N-ethyl adjacent to an activating group) is 1. The average molecular weight is 184 g/mol. The molecule has 0 aliphatic carbocycles. The Bertz CT molecular complexity index is 182. The Labute approximate surface area is 80.5 Å². The molecule has 0 radical (unpaired) electrons. The molecule has 1 aliphatic rings. The zero-order valence-corrected chi connectivity index (χ0v) is 8.84. The van der Waals surface area contributed by atoms with E-state index in [1.54, 1.807) is 0 Å². The Kier molecular flexibility index (Phi) is 3.72. The predicted octanol–water partition coefficient (Wildman–Crippen LogP) is 1.34.